The molecule has 0 rings (SSSR count). The summed E-state index contributed by atoms with van der Waals surface area (Å²) in [6.45, 7) is 0. The van der Waals surface area contributed by atoms with Crippen LogP contribution in [0.5, 0.6) is 0 Å². The van der Waals surface area contributed by atoms with Gasteiger partial charge in [-0.2, -0.15) is 12.6 Å². The lowest BCUT2D eigenvalue weighted by molar-refractivity contribution is 0.222. The number of hydrogen-bond acceptors (Lipinski definition) is 5. The first-order chi connectivity index (χ1) is 4.16. The molecule has 9 heavy (non-hydrogen) atoms. The molecule has 54 valence electrons. The standard InChI is InChI=1S/C4H10N2O2S/c5-3(7)1-4(8)6-2-9/h1,3,6-9H,2,5H2/b4-1+. The number of aliphatic hydroxyl groups is 2. The molecule has 0 spiro atoms. The van der Waals surface area contributed by atoms with E-state index >= 15 is 0 Å². The summed E-state index contributed by atoms with van der Waals surface area (Å²) in [6.07, 6.45) is -0.0617. The van der Waals surface area contributed by atoms with Gasteiger partial charge in [-0.05, 0) is 0 Å². The Morgan fingerprint density at radius 3 is 2.78 bits per heavy atom. The minimum atomic E-state index is -1.13. The lowest BCUT2D eigenvalue weighted by Crippen LogP contribution is -2.19. The van der Waals surface area contributed by atoms with Crippen molar-refractivity contribution in [3.63, 3.8) is 0 Å². The predicted molar refractivity (Wildman–Crippen MR) is 37.9 cm³/mol. The Hall–Kier alpha value is -0.390. The van der Waals surface area contributed by atoms with Crippen LogP contribution < -0.4 is 11.1 Å². The van der Waals surface area contributed by atoms with E-state index in [9.17, 15) is 0 Å². The van der Waals surface area contributed by atoms with Gasteiger partial charge in [0.05, 0.1) is 5.88 Å². The third-order valence-corrected chi connectivity index (χ3v) is 0.747. The lowest BCUT2D eigenvalue weighted by atomic mass is 10.5. The fraction of sp³-hybridized carbons (Fsp3) is 0.500. The predicted octanol–water partition coefficient (Wildman–Crippen LogP) is -0.860. The smallest absolute Gasteiger partial charge is 0.184 e. The van der Waals surface area contributed by atoms with Crippen LogP contribution in [0.1, 0.15) is 0 Å². The molecule has 0 aliphatic carbocycles. The maximum atomic E-state index is 8.68. The maximum Gasteiger partial charge on any atom is 0.184 e. The number of nitrogens with two attached hydrogens (primary N) is 1. The second-order valence-corrected chi connectivity index (χ2v) is 1.69. The van der Waals surface area contributed by atoms with Crippen molar-refractivity contribution in [1.29, 1.82) is 0 Å². The van der Waals surface area contributed by atoms with Crippen LogP contribution in [0.2, 0.25) is 0 Å². The summed E-state index contributed by atoms with van der Waals surface area (Å²) in [5.41, 5.74) is 4.88. The van der Waals surface area contributed by atoms with E-state index in [-0.39, 0.29) is 5.88 Å². The number of rotatable bonds is 3. The van der Waals surface area contributed by atoms with Crippen molar-refractivity contribution in [3.8, 4) is 0 Å². The van der Waals surface area contributed by atoms with Crippen LogP contribution in [0.4, 0.5) is 0 Å². The van der Waals surface area contributed by atoms with Crippen molar-refractivity contribution in [2.45, 2.75) is 6.23 Å². The van der Waals surface area contributed by atoms with E-state index in [1.165, 1.54) is 0 Å². The Labute approximate surface area is 58.8 Å². The molecule has 0 aliphatic rings. The number of thiol groups is 1. The van der Waals surface area contributed by atoms with Gasteiger partial charge in [0.25, 0.3) is 0 Å². The third-order valence-electron chi connectivity index (χ3n) is 0.589. The molecule has 0 bridgehead atoms. The molecule has 5 heteroatoms. The van der Waals surface area contributed by atoms with Crippen LogP contribution >= 0.6 is 12.6 Å². The van der Waals surface area contributed by atoms with E-state index in [1.54, 1.807) is 0 Å². The minimum Gasteiger partial charge on any atom is -0.495 e. The molecule has 0 aromatic rings. The monoisotopic (exact) mass is 150 g/mol. The van der Waals surface area contributed by atoms with E-state index in [0.717, 1.165) is 6.08 Å². The fourth-order valence-electron chi connectivity index (χ4n) is 0.302. The molecule has 0 aromatic carbocycles. The molecule has 0 heterocycles. The largest absolute Gasteiger partial charge is 0.495 e. The maximum absolute atomic E-state index is 8.68. The van der Waals surface area contributed by atoms with Gasteiger partial charge in [0.2, 0.25) is 0 Å². The molecule has 0 saturated heterocycles. The molecule has 0 aromatic heterocycles. The molecule has 4 nitrogen and oxygen atoms in total. The van der Waals surface area contributed by atoms with Gasteiger partial charge >= 0.3 is 0 Å². The van der Waals surface area contributed by atoms with Gasteiger partial charge in [-0.15, -0.1) is 0 Å². The normalized spacial score (nSPS) is 15.2. The second-order valence-electron chi connectivity index (χ2n) is 1.38. The molecular weight excluding hydrogens is 140 g/mol. The highest BCUT2D eigenvalue weighted by Crippen LogP contribution is 1.83. The van der Waals surface area contributed by atoms with Crippen LogP contribution in [-0.4, -0.2) is 22.3 Å². The summed E-state index contributed by atoms with van der Waals surface area (Å²) in [4.78, 5) is 0. The van der Waals surface area contributed by atoms with Gasteiger partial charge in [0.15, 0.2) is 5.88 Å². The first kappa shape index (κ1) is 8.61. The highest BCUT2D eigenvalue weighted by atomic mass is 32.1. The molecule has 0 aliphatic heterocycles. The molecule has 0 radical (unpaired) electrons. The molecule has 0 saturated carbocycles. The average molecular weight is 150 g/mol. The molecule has 1 unspecified atom stereocenters. The Morgan fingerprint density at radius 2 is 2.44 bits per heavy atom. The van der Waals surface area contributed by atoms with Crippen molar-refractivity contribution >= 4 is 12.6 Å². The van der Waals surface area contributed by atoms with E-state index in [0.29, 0.717) is 5.88 Å². The Morgan fingerprint density at radius 1 is 1.89 bits per heavy atom. The minimum absolute atomic E-state index is 0.167. The van der Waals surface area contributed by atoms with Crippen molar-refractivity contribution in [2.75, 3.05) is 5.88 Å². The van der Waals surface area contributed by atoms with Crippen molar-refractivity contribution in [1.82, 2.24) is 5.32 Å². The zero-order valence-corrected chi connectivity index (χ0v) is 5.68. The topological polar surface area (TPSA) is 78.5 Å². The molecule has 0 fully saturated rings. The molecule has 1 atom stereocenters. The van der Waals surface area contributed by atoms with Crippen molar-refractivity contribution in [2.24, 2.45) is 5.73 Å². The van der Waals surface area contributed by atoms with Gasteiger partial charge in [-0.25, -0.2) is 0 Å². The van der Waals surface area contributed by atoms with E-state index in [4.69, 9.17) is 15.9 Å². The lowest BCUT2D eigenvalue weighted by Gasteiger charge is -2.00. The van der Waals surface area contributed by atoms with Gasteiger partial charge in [0, 0.05) is 6.08 Å². The number of hydrogen-bond donors (Lipinski definition) is 5. The summed E-state index contributed by atoms with van der Waals surface area (Å²) in [5.74, 6) is 0.134. The van der Waals surface area contributed by atoms with Gasteiger partial charge in [-0.1, -0.05) is 0 Å². The fourth-order valence-corrected chi connectivity index (χ4v) is 0.464. The van der Waals surface area contributed by atoms with Crippen molar-refractivity contribution < 1.29 is 10.2 Å². The van der Waals surface area contributed by atoms with E-state index in [2.05, 4.69) is 17.9 Å². The van der Waals surface area contributed by atoms with Gasteiger partial charge < -0.3 is 21.3 Å². The van der Waals surface area contributed by atoms with E-state index < -0.39 is 6.23 Å². The molecule has 5 N–H and O–H groups in total. The number of nitrogens with one attached hydrogen (secondary N) is 1. The summed E-state index contributed by atoms with van der Waals surface area (Å²) < 4.78 is 0. The quantitative estimate of drug-likeness (QED) is 0.206. The average Bonchev–Trinajstić information content (AvgIpc) is 1.63. The number of aliphatic hydroxyl groups excluding tert-OH is 2. The molecule has 0 amide bonds. The SMILES string of the molecule is NC(O)/C=C(/O)NCS. The van der Waals surface area contributed by atoms with E-state index in [1.807, 2.05) is 0 Å². The zero-order chi connectivity index (χ0) is 7.28. The zero-order valence-electron chi connectivity index (χ0n) is 4.78. The first-order valence-electron chi connectivity index (χ1n) is 2.36. The van der Waals surface area contributed by atoms with Crippen LogP contribution in [0, 0.1) is 0 Å². The van der Waals surface area contributed by atoms with Gasteiger partial charge in [-0.3, -0.25) is 0 Å². The van der Waals surface area contributed by atoms with Crippen molar-refractivity contribution in [3.05, 3.63) is 12.0 Å². The highest BCUT2D eigenvalue weighted by Gasteiger charge is 1.91. The summed E-state index contributed by atoms with van der Waals surface area (Å²) in [7, 11) is 0. The summed E-state index contributed by atoms with van der Waals surface area (Å²) >= 11 is 3.75. The summed E-state index contributed by atoms with van der Waals surface area (Å²) in [6, 6.07) is 0. The third kappa shape index (κ3) is 5.48. The molecular formula is C4H10N2O2S. The Kier molecular flexibility index (Phi) is 4.29. The van der Waals surface area contributed by atoms with Gasteiger partial charge in [0.1, 0.15) is 6.23 Å². The summed E-state index contributed by atoms with van der Waals surface area (Å²) in [5, 5.41) is 19.5. The van der Waals surface area contributed by atoms with Crippen LogP contribution in [0.15, 0.2) is 12.0 Å². The highest BCUT2D eigenvalue weighted by molar-refractivity contribution is 7.80. The Balaban J connectivity index is 3.55. The second kappa shape index (κ2) is 4.49. The van der Waals surface area contributed by atoms with Crippen LogP contribution in [0.25, 0.3) is 0 Å². The Bertz CT molecular complexity index is 105. The van der Waals surface area contributed by atoms with Crippen LogP contribution in [0.3, 0.4) is 0 Å². The first-order valence-corrected chi connectivity index (χ1v) is 2.99. The van der Waals surface area contributed by atoms with Crippen LogP contribution in [-0.2, 0) is 0 Å².